The van der Waals surface area contributed by atoms with Crippen LogP contribution in [0, 0.1) is 6.92 Å². The van der Waals surface area contributed by atoms with Crippen LogP contribution >= 0.6 is 15.9 Å². The average Bonchev–Trinajstić information content (AvgIpc) is 2.34. The molecule has 0 radical (unpaired) electrons. The molecule has 0 atom stereocenters. The number of para-hydroxylation sites is 1. The maximum absolute atomic E-state index is 5.89. The number of hydrogen-bond acceptors (Lipinski definition) is 2. The summed E-state index contributed by atoms with van der Waals surface area (Å²) in [6.07, 6.45) is 0. The molecule has 0 aromatic heterocycles. The number of nitrogens with two attached hydrogens (primary N) is 1. The summed E-state index contributed by atoms with van der Waals surface area (Å²) in [5, 5.41) is 0. The topological polar surface area (TPSA) is 35.2 Å². The fourth-order valence-electron chi connectivity index (χ4n) is 1.64. The van der Waals surface area contributed by atoms with Gasteiger partial charge in [-0.2, -0.15) is 0 Å². The maximum atomic E-state index is 5.89. The standard InChI is InChI=1S/C14H14BrNO/c1-10-3-2-4-11(9-16)14(10)17-13-7-5-12(15)6-8-13/h2-8H,9,16H2,1H3. The van der Waals surface area contributed by atoms with Crippen molar-refractivity contribution in [2.45, 2.75) is 13.5 Å². The van der Waals surface area contributed by atoms with Gasteiger partial charge in [0, 0.05) is 16.6 Å². The van der Waals surface area contributed by atoms with E-state index in [0.29, 0.717) is 6.54 Å². The van der Waals surface area contributed by atoms with E-state index in [1.807, 2.05) is 49.4 Å². The number of rotatable bonds is 3. The van der Waals surface area contributed by atoms with Gasteiger partial charge in [0.1, 0.15) is 11.5 Å². The maximum Gasteiger partial charge on any atom is 0.134 e. The molecule has 0 unspecified atom stereocenters. The first kappa shape index (κ1) is 12.1. The Bertz CT molecular complexity index is 508. The molecular weight excluding hydrogens is 278 g/mol. The number of benzene rings is 2. The fraction of sp³-hybridized carbons (Fsp3) is 0.143. The predicted octanol–water partition coefficient (Wildman–Crippen LogP) is 4.01. The van der Waals surface area contributed by atoms with Crippen LogP contribution in [0.15, 0.2) is 46.9 Å². The van der Waals surface area contributed by atoms with Crippen LogP contribution in [-0.2, 0) is 6.54 Å². The van der Waals surface area contributed by atoms with Crippen LogP contribution in [0.4, 0.5) is 0 Å². The summed E-state index contributed by atoms with van der Waals surface area (Å²) in [5.41, 5.74) is 7.82. The van der Waals surface area contributed by atoms with Crippen LogP contribution < -0.4 is 10.5 Å². The zero-order chi connectivity index (χ0) is 12.3. The molecule has 2 aromatic carbocycles. The third-order valence-electron chi connectivity index (χ3n) is 2.55. The summed E-state index contributed by atoms with van der Waals surface area (Å²) >= 11 is 3.40. The van der Waals surface area contributed by atoms with Gasteiger partial charge in [0.25, 0.3) is 0 Å². The number of ether oxygens (including phenoxy) is 1. The highest BCUT2D eigenvalue weighted by Gasteiger charge is 2.06. The van der Waals surface area contributed by atoms with E-state index in [1.165, 1.54) is 0 Å². The Kier molecular flexibility index (Phi) is 3.82. The van der Waals surface area contributed by atoms with Crippen molar-refractivity contribution in [2.75, 3.05) is 0 Å². The van der Waals surface area contributed by atoms with E-state index >= 15 is 0 Å². The molecule has 0 heterocycles. The minimum Gasteiger partial charge on any atom is -0.457 e. The predicted molar refractivity (Wildman–Crippen MR) is 73.3 cm³/mol. The third kappa shape index (κ3) is 2.87. The lowest BCUT2D eigenvalue weighted by Crippen LogP contribution is -2.00. The molecule has 2 aromatic rings. The normalized spacial score (nSPS) is 10.3. The summed E-state index contributed by atoms with van der Waals surface area (Å²) in [6, 6.07) is 13.8. The molecule has 88 valence electrons. The highest BCUT2D eigenvalue weighted by molar-refractivity contribution is 9.10. The summed E-state index contributed by atoms with van der Waals surface area (Å²) in [5.74, 6) is 1.68. The van der Waals surface area contributed by atoms with Crippen molar-refractivity contribution in [1.29, 1.82) is 0 Å². The van der Waals surface area contributed by atoms with Gasteiger partial charge in [-0.15, -0.1) is 0 Å². The molecule has 3 heteroatoms. The van der Waals surface area contributed by atoms with E-state index in [-0.39, 0.29) is 0 Å². The van der Waals surface area contributed by atoms with Gasteiger partial charge in [-0.05, 0) is 36.8 Å². The number of halogens is 1. The average molecular weight is 292 g/mol. The zero-order valence-electron chi connectivity index (χ0n) is 9.61. The van der Waals surface area contributed by atoms with Gasteiger partial charge < -0.3 is 10.5 Å². The van der Waals surface area contributed by atoms with Crippen molar-refractivity contribution in [3.63, 3.8) is 0 Å². The van der Waals surface area contributed by atoms with Gasteiger partial charge in [0.15, 0.2) is 0 Å². The lowest BCUT2D eigenvalue weighted by Gasteiger charge is -2.12. The lowest BCUT2D eigenvalue weighted by atomic mass is 10.1. The van der Waals surface area contributed by atoms with Gasteiger partial charge in [0.2, 0.25) is 0 Å². The molecule has 0 aliphatic heterocycles. The quantitative estimate of drug-likeness (QED) is 0.927. The van der Waals surface area contributed by atoms with Crippen LogP contribution in [0.2, 0.25) is 0 Å². The smallest absolute Gasteiger partial charge is 0.134 e. The number of aryl methyl sites for hydroxylation is 1. The monoisotopic (exact) mass is 291 g/mol. The molecule has 0 aliphatic rings. The van der Waals surface area contributed by atoms with Crippen molar-refractivity contribution in [2.24, 2.45) is 5.73 Å². The van der Waals surface area contributed by atoms with Gasteiger partial charge in [-0.25, -0.2) is 0 Å². The Morgan fingerprint density at radius 3 is 2.47 bits per heavy atom. The number of hydrogen-bond donors (Lipinski definition) is 1. The first-order valence-corrected chi connectivity index (χ1v) is 6.22. The summed E-state index contributed by atoms with van der Waals surface area (Å²) < 4.78 is 6.92. The first-order valence-electron chi connectivity index (χ1n) is 5.42. The van der Waals surface area contributed by atoms with Crippen molar-refractivity contribution < 1.29 is 4.74 Å². The van der Waals surface area contributed by atoms with Crippen LogP contribution in [-0.4, -0.2) is 0 Å². The molecule has 17 heavy (non-hydrogen) atoms. The SMILES string of the molecule is Cc1cccc(CN)c1Oc1ccc(Br)cc1. The van der Waals surface area contributed by atoms with E-state index in [1.54, 1.807) is 0 Å². The zero-order valence-corrected chi connectivity index (χ0v) is 11.2. The highest BCUT2D eigenvalue weighted by atomic mass is 79.9. The Morgan fingerprint density at radius 2 is 1.82 bits per heavy atom. The molecule has 0 saturated carbocycles. The Labute approximate surface area is 110 Å². The molecule has 0 amide bonds. The van der Waals surface area contributed by atoms with Gasteiger partial charge in [-0.1, -0.05) is 34.1 Å². The van der Waals surface area contributed by atoms with Crippen LogP contribution in [0.5, 0.6) is 11.5 Å². The van der Waals surface area contributed by atoms with Gasteiger partial charge in [0.05, 0.1) is 0 Å². The molecule has 2 nitrogen and oxygen atoms in total. The second-order valence-electron chi connectivity index (χ2n) is 3.82. The molecule has 0 spiro atoms. The van der Waals surface area contributed by atoms with Crippen molar-refractivity contribution in [1.82, 2.24) is 0 Å². The van der Waals surface area contributed by atoms with Crippen LogP contribution in [0.3, 0.4) is 0 Å². The van der Waals surface area contributed by atoms with Gasteiger partial charge in [-0.3, -0.25) is 0 Å². The molecule has 0 bridgehead atoms. The second-order valence-corrected chi connectivity index (χ2v) is 4.74. The molecule has 0 fully saturated rings. The molecular formula is C14H14BrNO. The second kappa shape index (κ2) is 5.34. The molecule has 2 rings (SSSR count). The van der Waals surface area contributed by atoms with Crippen molar-refractivity contribution >= 4 is 15.9 Å². The fourth-order valence-corrected chi connectivity index (χ4v) is 1.90. The van der Waals surface area contributed by atoms with E-state index in [0.717, 1.165) is 27.1 Å². The first-order chi connectivity index (χ1) is 8.20. The van der Waals surface area contributed by atoms with Crippen molar-refractivity contribution in [3.05, 3.63) is 58.1 Å². The van der Waals surface area contributed by atoms with E-state index in [2.05, 4.69) is 15.9 Å². The van der Waals surface area contributed by atoms with E-state index in [9.17, 15) is 0 Å². The minimum absolute atomic E-state index is 0.480. The van der Waals surface area contributed by atoms with E-state index < -0.39 is 0 Å². The summed E-state index contributed by atoms with van der Waals surface area (Å²) in [6.45, 7) is 2.50. The largest absolute Gasteiger partial charge is 0.457 e. The highest BCUT2D eigenvalue weighted by Crippen LogP contribution is 2.29. The van der Waals surface area contributed by atoms with Crippen molar-refractivity contribution in [3.8, 4) is 11.5 Å². The Morgan fingerprint density at radius 1 is 1.12 bits per heavy atom. The Hall–Kier alpha value is -1.32. The summed E-state index contributed by atoms with van der Waals surface area (Å²) in [4.78, 5) is 0. The van der Waals surface area contributed by atoms with E-state index in [4.69, 9.17) is 10.5 Å². The minimum atomic E-state index is 0.480. The molecule has 0 saturated heterocycles. The molecule has 2 N–H and O–H groups in total. The van der Waals surface area contributed by atoms with Crippen LogP contribution in [0.1, 0.15) is 11.1 Å². The third-order valence-corrected chi connectivity index (χ3v) is 3.08. The van der Waals surface area contributed by atoms with Crippen LogP contribution in [0.25, 0.3) is 0 Å². The molecule has 0 aliphatic carbocycles. The summed E-state index contributed by atoms with van der Waals surface area (Å²) in [7, 11) is 0. The lowest BCUT2D eigenvalue weighted by molar-refractivity contribution is 0.472. The Balaban J connectivity index is 2.32. The van der Waals surface area contributed by atoms with Gasteiger partial charge >= 0.3 is 0 Å².